The number of hydrogen-bond donors (Lipinski definition) is 1. The average molecular weight is 549 g/mol. The van der Waals surface area contributed by atoms with E-state index in [0.717, 1.165) is 11.5 Å². The topological polar surface area (TPSA) is 96.1 Å². The number of piperazine rings is 1. The van der Waals surface area contributed by atoms with Gasteiger partial charge in [-0.05, 0) is 31.2 Å². The summed E-state index contributed by atoms with van der Waals surface area (Å²) >= 11 is 5.90. The number of ether oxygens (including phenoxy) is 1. The van der Waals surface area contributed by atoms with Crippen LogP contribution in [0.4, 0.5) is 4.79 Å². The molecule has 0 unspecified atom stereocenters. The van der Waals surface area contributed by atoms with E-state index in [9.17, 15) is 4.79 Å². The molecule has 1 amide bonds. The van der Waals surface area contributed by atoms with Crippen molar-refractivity contribution in [2.24, 2.45) is 4.99 Å². The predicted octanol–water partition coefficient (Wildman–Crippen LogP) is 2.90. The van der Waals surface area contributed by atoms with Crippen molar-refractivity contribution in [3.05, 3.63) is 35.2 Å². The van der Waals surface area contributed by atoms with Crippen molar-refractivity contribution in [1.29, 1.82) is 0 Å². The van der Waals surface area contributed by atoms with E-state index in [1.54, 1.807) is 24.1 Å². The Kier molecular flexibility index (Phi) is 9.63. The number of amides is 1. The average Bonchev–Trinajstić information content (AvgIpc) is 3.21. The third-order valence-electron chi connectivity index (χ3n) is 4.51. The molecule has 1 aliphatic heterocycles. The lowest BCUT2D eigenvalue weighted by molar-refractivity contribution is 0.0914. The Morgan fingerprint density at radius 1 is 1.23 bits per heavy atom. The second kappa shape index (κ2) is 11.9. The minimum atomic E-state index is -0.261. The standard InChI is InChI=1S/C19H25ClN6O3.HI/c1-3-28-19(27)26-12-10-25(11-13-26)18(21-2)22-9-8-16-23-17(24-29-16)14-4-6-15(20)7-5-14;/h4-7H,3,8-13H2,1-2H3,(H,21,22);1H. The Morgan fingerprint density at radius 3 is 2.53 bits per heavy atom. The third kappa shape index (κ3) is 6.46. The molecular formula is C19H26ClIN6O3. The molecule has 1 fully saturated rings. The quantitative estimate of drug-likeness (QED) is 0.349. The molecular weight excluding hydrogens is 523 g/mol. The second-order valence-electron chi connectivity index (χ2n) is 6.42. The molecule has 30 heavy (non-hydrogen) atoms. The Balaban J connectivity index is 0.00000320. The van der Waals surface area contributed by atoms with E-state index in [4.69, 9.17) is 20.9 Å². The molecule has 0 saturated carbocycles. The number of guanidine groups is 1. The highest BCUT2D eigenvalue weighted by molar-refractivity contribution is 14.0. The van der Waals surface area contributed by atoms with Crippen LogP contribution in [-0.2, 0) is 11.2 Å². The van der Waals surface area contributed by atoms with Gasteiger partial charge in [0.15, 0.2) is 5.96 Å². The maximum atomic E-state index is 11.8. The van der Waals surface area contributed by atoms with Crippen LogP contribution in [-0.4, -0.2) is 78.4 Å². The van der Waals surface area contributed by atoms with E-state index in [1.807, 2.05) is 19.1 Å². The van der Waals surface area contributed by atoms with Crippen LogP contribution in [0.2, 0.25) is 5.02 Å². The van der Waals surface area contributed by atoms with Crippen molar-refractivity contribution in [1.82, 2.24) is 25.3 Å². The van der Waals surface area contributed by atoms with Crippen LogP contribution < -0.4 is 5.32 Å². The van der Waals surface area contributed by atoms with Crippen LogP contribution in [0, 0.1) is 0 Å². The van der Waals surface area contributed by atoms with Gasteiger partial charge >= 0.3 is 6.09 Å². The van der Waals surface area contributed by atoms with Crippen molar-refractivity contribution in [2.45, 2.75) is 13.3 Å². The molecule has 3 rings (SSSR count). The fourth-order valence-corrected chi connectivity index (χ4v) is 3.13. The first-order valence-electron chi connectivity index (χ1n) is 9.56. The molecule has 0 atom stereocenters. The third-order valence-corrected chi connectivity index (χ3v) is 4.76. The summed E-state index contributed by atoms with van der Waals surface area (Å²) in [7, 11) is 1.74. The molecule has 1 aromatic carbocycles. The maximum Gasteiger partial charge on any atom is 0.409 e. The summed E-state index contributed by atoms with van der Waals surface area (Å²) < 4.78 is 10.4. The van der Waals surface area contributed by atoms with Crippen molar-refractivity contribution in [2.75, 3.05) is 46.4 Å². The molecule has 9 nitrogen and oxygen atoms in total. The van der Waals surface area contributed by atoms with Crippen LogP contribution in [0.15, 0.2) is 33.8 Å². The van der Waals surface area contributed by atoms with Crippen LogP contribution in [0.1, 0.15) is 12.8 Å². The number of benzene rings is 1. The first kappa shape index (κ1) is 24.2. The summed E-state index contributed by atoms with van der Waals surface area (Å²) in [5.41, 5.74) is 0.854. The maximum absolute atomic E-state index is 11.8. The number of hydrogen-bond acceptors (Lipinski definition) is 6. The second-order valence-corrected chi connectivity index (χ2v) is 6.85. The zero-order valence-corrected chi connectivity index (χ0v) is 20.1. The van der Waals surface area contributed by atoms with Gasteiger partial charge in [0.2, 0.25) is 11.7 Å². The lowest BCUT2D eigenvalue weighted by Crippen LogP contribution is -2.54. The van der Waals surface area contributed by atoms with Gasteiger partial charge in [-0.25, -0.2) is 4.79 Å². The molecule has 0 spiro atoms. The van der Waals surface area contributed by atoms with Crippen LogP contribution in [0.5, 0.6) is 0 Å². The molecule has 2 aromatic rings. The SMILES string of the molecule is CCOC(=O)N1CCN(C(=NC)NCCc2nc(-c3ccc(Cl)cc3)no2)CC1.I. The highest BCUT2D eigenvalue weighted by Gasteiger charge is 2.23. The highest BCUT2D eigenvalue weighted by Crippen LogP contribution is 2.18. The molecule has 1 aliphatic rings. The van der Waals surface area contributed by atoms with Crippen molar-refractivity contribution in [3.63, 3.8) is 0 Å². The summed E-state index contributed by atoms with van der Waals surface area (Å²) in [6.07, 6.45) is 0.311. The summed E-state index contributed by atoms with van der Waals surface area (Å²) in [6, 6.07) is 7.29. The normalized spacial score (nSPS) is 14.3. The largest absolute Gasteiger partial charge is 0.450 e. The predicted molar refractivity (Wildman–Crippen MR) is 125 cm³/mol. The number of aromatic nitrogens is 2. The van der Waals surface area contributed by atoms with Crippen molar-refractivity contribution >= 4 is 47.6 Å². The van der Waals surface area contributed by atoms with E-state index in [0.29, 0.717) is 62.5 Å². The monoisotopic (exact) mass is 548 g/mol. The van der Waals surface area contributed by atoms with E-state index in [2.05, 4.69) is 25.3 Å². The van der Waals surface area contributed by atoms with Gasteiger partial charge < -0.3 is 24.4 Å². The van der Waals surface area contributed by atoms with E-state index in [-0.39, 0.29) is 30.1 Å². The molecule has 2 heterocycles. The zero-order chi connectivity index (χ0) is 20.6. The minimum absolute atomic E-state index is 0. The van der Waals surface area contributed by atoms with Gasteiger partial charge in [0.1, 0.15) is 0 Å². The molecule has 1 saturated heterocycles. The molecule has 0 aliphatic carbocycles. The lowest BCUT2D eigenvalue weighted by Gasteiger charge is -2.35. The van der Waals surface area contributed by atoms with E-state index >= 15 is 0 Å². The first-order chi connectivity index (χ1) is 14.1. The van der Waals surface area contributed by atoms with Crippen molar-refractivity contribution < 1.29 is 14.1 Å². The number of carbonyl (C=O) groups excluding carboxylic acids is 1. The van der Waals surface area contributed by atoms with Gasteiger partial charge in [-0.3, -0.25) is 4.99 Å². The van der Waals surface area contributed by atoms with Gasteiger partial charge in [0.05, 0.1) is 6.61 Å². The summed E-state index contributed by atoms with van der Waals surface area (Å²) in [5.74, 6) is 1.87. The van der Waals surface area contributed by atoms with E-state index < -0.39 is 0 Å². The highest BCUT2D eigenvalue weighted by atomic mass is 127. The summed E-state index contributed by atoms with van der Waals surface area (Å²) in [5, 5.41) is 7.99. The number of halogens is 2. The number of rotatable bonds is 5. The summed E-state index contributed by atoms with van der Waals surface area (Å²) in [4.78, 5) is 24.4. The zero-order valence-electron chi connectivity index (χ0n) is 17.0. The van der Waals surface area contributed by atoms with Gasteiger partial charge in [-0.15, -0.1) is 24.0 Å². The fourth-order valence-electron chi connectivity index (χ4n) is 3.00. The molecule has 0 radical (unpaired) electrons. The van der Waals surface area contributed by atoms with Gasteiger partial charge in [0, 0.05) is 56.8 Å². The Morgan fingerprint density at radius 2 is 1.90 bits per heavy atom. The smallest absolute Gasteiger partial charge is 0.409 e. The molecule has 0 bridgehead atoms. The minimum Gasteiger partial charge on any atom is -0.450 e. The Hall–Kier alpha value is -2.08. The molecule has 1 N–H and O–H groups in total. The number of nitrogens with one attached hydrogen (secondary N) is 1. The van der Waals surface area contributed by atoms with Gasteiger partial charge in [0.25, 0.3) is 0 Å². The van der Waals surface area contributed by atoms with Gasteiger partial charge in [-0.2, -0.15) is 4.98 Å². The summed E-state index contributed by atoms with van der Waals surface area (Å²) in [6.45, 7) is 5.40. The van der Waals surface area contributed by atoms with Crippen LogP contribution in [0.25, 0.3) is 11.4 Å². The molecule has 164 valence electrons. The molecule has 1 aromatic heterocycles. The lowest BCUT2D eigenvalue weighted by atomic mass is 10.2. The first-order valence-corrected chi connectivity index (χ1v) is 9.94. The fraction of sp³-hybridized carbons (Fsp3) is 0.474. The number of carbonyl (C=O) groups is 1. The number of aliphatic imine (C=N–C) groups is 1. The van der Waals surface area contributed by atoms with Gasteiger partial charge in [-0.1, -0.05) is 16.8 Å². The van der Waals surface area contributed by atoms with Crippen molar-refractivity contribution in [3.8, 4) is 11.4 Å². The van der Waals surface area contributed by atoms with E-state index in [1.165, 1.54) is 0 Å². The number of nitrogens with zero attached hydrogens (tertiary/aromatic N) is 5. The Labute approximate surface area is 197 Å². The van der Waals surface area contributed by atoms with Crippen LogP contribution in [0.3, 0.4) is 0 Å². The Bertz CT molecular complexity index is 837. The molecule has 11 heteroatoms. The van der Waals surface area contributed by atoms with Crippen LogP contribution >= 0.6 is 35.6 Å².